The maximum absolute atomic E-state index is 5.95. The molecule has 5 heteroatoms. The predicted molar refractivity (Wildman–Crippen MR) is 107 cm³/mol. The molecule has 21 heavy (non-hydrogen) atoms. The van der Waals surface area contributed by atoms with Crippen molar-refractivity contribution in [2.24, 2.45) is 0 Å². The number of hydrogen-bond acceptors (Lipinski definition) is 2. The van der Waals surface area contributed by atoms with Gasteiger partial charge in [0, 0.05) is 0 Å². The van der Waals surface area contributed by atoms with E-state index in [1.165, 1.54) is 10.4 Å². The highest BCUT2D eigenvalue weighted by molar-refractivity contribution is 6.95. The van der Waals surface area contributed by atoms with E-state index in [-0.39, 0.29) is 29.7 Å². The molecule has 0 atom stereocenters. The van der Waals surface area contributed by atoms with Crippen LogP contribution in [0.4, 0.5) is 0 Å². The minimum atomic E-state index is -2.37. The molecular formula is C16H32O2Si3. The zero-order valence-electron chi connectivity index (χ0n) is 10.1. The first-order chi connectivity index (χ1) is 8.33. The van der Waals surface area contributed by atoms with E-state index in [1.54, 1.807) is 0 Å². The highest BCUT2D eigenvalue weighted by atomic mass is 28.4. The van der Waals surface area contributed by atoms with Crippen molar-refractivity contribution in [2.75, 3.05) is 0 Å². The van der Waals surface area contributed by atoms with E-state index in [2.05, 4.69) is 24.3 Å². The second-order valence-corrected chi connectivity index (χ2v) is 9.41. The highest BCUT2D eigenvalue weighted by Crippen LogP contribution is 2.06. The molecule has 0 aromatic heterocycles. The first-order valence-corrected chi connectivity index (χ1v) is 9.00. The van der Waals surface area contributed by atoms with Crippen LogP contribution in [0.25, 0.3) is 0 Å². The largest absolute Gasteiger partial charge is 0.439 e. The van der Waals surface area contributed by atoms with Crippen molar-refractivity contribution < 1.29 is 8.23 Å². The fourth-order valence-corrected chi connectivity index (χ4v) is 9.57. The quantitative estimate of drug-likeness (QED) is 0.783. The Hall–Kier alpha value is -0.989. The monoisotopic (exact) mass is 340 g/mol. The maximum Gasteiger partial charge on any atom is 0.385 e. The summed E-state index contributed by atoms with van der Waals surface area (Å²) in [5.41, 5.74) is 0. The van der Waals surface area contributed by atoms with Gasteiger partial charge >= 0.3 is 8.56 Å². The summed E-state index contributed by atoms with van der Waals surface area (Å²) in [6, 6.07) is 20.6. The molecule has 0 aliphatic rings. The van der Waals surface area contributed by atoms with Gasteiger partial charge in [-0.05, 0) is 10.4 Å². The Morgan fingerprint density at radius 1 is 0.571 bits per heavy atom. The second-order valence-electron chi connectivity index (χ2n) is 3.76. The summed E-state index contributed by atoms with van der Waals surface area (Å²) in [7, 11) is -1.00. The molecule has 0 N–H and O–H groups in total. The van der Waals surface area contributed by atoms with Crippen molar-refractivity contribution in [1.82, 2.24) is 0 Å². The van der Waals surface area contributed by atoms with Crippen molar-refractivity contribution in [3.05, 3.63) is 60.7 Å². The van der Waals surface area contributed by atoms with Crippen molar-refractivity contribution in [3.63, 3.8) is 0 Å². The Morgan fingerprint density at radius 3 is 1.10 bits per heavy atom. The summed E-state index contributed by atoms with van der Waals surface area (Å²) in [4.78, 5) is 0. The van der Waals surface area contributed by atoms with Gasteiger partial charge in [-0.15, -0.1) is 0 Å². The molecule has 0 aliphatic carbocycles. The van der Waals surface area contributed by atoms with Crippen LogP contribution in [0.3, 0.4) is 0 Å². The van der Waals surface area contributed by atoms with Crippen LogP contribution in [0.15, 0.2) is 60.7 Å². The summed E-state index contributed by atoms with van der Waals surface area (Å²) in [5.74, 6) is 0. The normalized spacial score (nSPS) is 9.52. The Bertz CT molecular complexity index is 418. The number of rotatable bonds is 4. The van der Waals surface area contributed by atoms with Crippen LogP contribution in [-0.4, -0.2) is 29.5 Å². The third-order valence-electron chi connectivity index (χ3n) is 2.88. The standard InChI is InChI=1S/C12H16O2Si3.4CH4/c15-13-17(14-16,11-7-3-1-4-8-11)12-9-5-2-6-10-12;;;;/h1-10H,15-16H3;4*1H4. The fourth-order valence-electron chi connectivity index (χ4n) is 2.04. The average Bonchev–Trinajstić information content (AvgIpc) is 2.43. The van der Waals surface area contributed by atoms with Gasteiger partial charge in [-0.3, -0.25) is 0 Å². The van der Waals surface area contributed by atoms with Gasteiger partial charge in [-0.25, -0.2) is 0 Å². The Kier molecular flexibility index (Phi) is 13.9. The van der Waals surface area contributed by atoms with Gasteiger partial charge in [0.05, 0.1) is 0 Å². The topological polar surface area (TPSA) is 18.5 Å². The van der Waals surface area contributed by atoms with Crippen LogP contribution < -0.4 is 10.4 Å². The van der Waals surface area contributed by atoms with Crippen LogP contribution >= 0.6 is 0 Å². The van der Waals surface area contributed by atoms with E-state index < -0.39 is 8.56 Å². The van der Waals surface area contributed by atoms with E-state index in [4.69, 9.17) is 8.23 Å². The third kappa shape index (κ3) is 5.05. The molecule has 0 saturated carbocycles. The number of hydrogen-bond donors (Lipinski definition) is 0. The maximum atomic E-state index is 5.95. The summed E-state index contributed by atoms with van der Waals surface area (Å²) in [5, 5.41) is 2.38. The molecule has 0 spiro atoms. The minimum absolute atomic E-state index is 0. The van der Waals surface area contributed by atoms with E-state index >= 15 is 0 Å². The molecule has 0 aliphatic heterocycles. The van der Waals surface area contributed by atoms with E-state index in [1.807, 2.05) is 36.4 Å². The van der Waals surface area contributed by atoms with Gasteiger partial charge < -0.3 is 8.23 Å². The Morgan fingerprint density at radius 2 is 0.857 bits per heavy atom. The van der Waals surface area contributed by atoms with Crippen LogP contribution in [0.2, 0.25) is 0 Å². The van der Waals surface area contributed by atoms with Crippen molar-refractivity contribution in [1.29, 1.82) is 0 Å². The van der Waals surface area contributed by atoms with E-state index in [9.17, 15) is 0 Å². The predicted octanol–water partition coefficient (Wildman–Crippen LogP) is 1.38. The fraction of sp³-hybridized carbons (Fsp3) is 0.250. The smallest absolute Gasteiger partial charge is 0.385 e. The molecule has 2 aromatic carbocycles. The van der Waals surface area contributed by atoms with Gasteiger partial charge in [0.2, 0.25) is 0 Å². The lowest BCUT2D eigenvalue weighted by Gasteiger charge is -2.29. The molecule has 0 radical (unpaired) electrons. The molecule has 0 saturated heterocycles. The summed E-state index contributed by atoms with van der Waals surface area (Å²) in [6.45, 7) is 0. The van der Waals surface area contributed by atoms with Crippen LogP contribution in [0.5, 0.6) is 0 Å². The van der Waals surface area contributed by atoms with Crippen LogP contribution in [0.1, 0.15) is 29.7 Å². The van der Waals surface area contributed by atoms with Gasteiger partial charge in [0.1, 0.15) is 21.0 Å². The first-order valence-electron chi connectivity index (χ1n) is 5.55. The SMILES string of the molecule is C.C.C.C.[SiH3]O[Si](O[SiH3])(c1ccccc1)c1ccccc1. The second kappa shape index (κ2) is 11.6. The third-order valence-corrected chi connectivity index (χ3v) is 9.67. The lowest BCUT2D eigenvalue weighted by molar-refractivity contribution is 0.466. The lowest BCUT2D eigenvalue weighted by atomic mass is 10.4. The van der Waals surface area contributed by atoms with Crippen LogP contribution in [-0.2, 0) is 8.23 Å². The molecule has 120 valence electrons. The highest BCUT2D eigenvalue weighted by Gasteiger charge is 2.38. The molecule has 0 heterocycles. The van der Waals surface area contributed by atoms with Gasteiger partial charge in [-0.1, -0.05) is 90.4 Å². The zero-order valence-corrected chi connectivity index (χ0v) is 15.1. The van der Waals surface area contributed by atoms with Gasteiger partial charge in [-0.2, -0.15) is 0 Å². The number of benzene rings is 2. The van der Waals surface area contributed by atoms with Gasteiger partial charge in [0.15, 0.2) is 0 Å². The summed E-state index contributed by atoms with van der Waals surface area (Å²) >= 11 is 0. The molecule has 2 nitrogen and oxygen atoms in total. The van der Waals surface area contributed by atoms with Crippen molar-refractivity contribution in [3.8, 4) is 0 Å². The Balaban J connectivity index is -0.000000810. The summed E-state index contributed by atoms with van der Waals surface area (Å²) in [6.07, 6.45) is 0. The first kappa shape index (κ1) is 25.0. The molecule has 0 fully saturated rings. The van der Waals surface area contributed by atoms with Crippen molar-refractivity contribution >= 4 is 39.9 Å². The Labute approximate surface area is 138 Å². The molecule has 0 amide bonds. The van der Waals surface area contributed by atoms with E-state index in [0.717, 1.165) is 0 Å². The van der Waals surface area contributed by atoms with Crippen molar-refractivity contribution in [2.45, 2.75) is 29.7 Å². The minimum Gasteiger partial charge on any atom is -0.439 e. The average molecular weight is 341 g/mol. The molecule has 0 unspecified atom stereocenters. The summed E-state index contributed by atoms with van der Waals surface area (Å²) < 4.78 is 11.9. The molecule has 2 aromatic rings. The lowest BCUT2D eigenvalue weighted by Crippen LogP contribution is -2.62. The van der Waals surface area contributed by atoms with Gasteiger partial charge in [0.25, 0.3) is 0 Å². The van der Waals surface area contributed by atoms with Crippen LogP contribution in [0, 0.1) is 0 Å². The molecule has 0 bridgehead atoms. The molecular weight excluding hydrogens is 308 g/mol. The molecule has 2 rings (SSSR count). The van der Waals surface area contributed by atoms with E-state index in [0.29, 0.717) is 21.0 Å². The zero-order chi connectivity index (χ0) is 12.1.